The molecule has 0 atom stereocenters. The summed E-state index contributed by atoms with van der Waals surface area (Å²) in [6, 6.07) is 11.2. The molecule has 1 N–H and O–H groups in total. The van der Waals surface area contributed by atoms with Crippen molar-refractivity contribution >= 4 is 28.7 Å². The van der Waals surface area contributed by atoms with Crippen molar-refractivity contribution in [3.63, 3.8) is 0 Å². The van der Waals surface area contributed by atoms with Crippen LogP contribution in [0.5, 0.6) is 0 Å². The molecule has 0 bridgehead atoms. The Kier molecular flexibility index (Phi) is 3.43. The average Bonchev–Trinajstić information content (AvgIpc) is 2.89. The molecule has 0 saturated carbocycles. The number of thioether (sulfide) groups is 1. The Morgan fingerprint density at radius 1 is 1.20 bits per heavy atom. The summed E-state index contributed by atoms with van der Waals surface area (Å²) in [5.41, 5.74) is 1.72. The van der Waals surface area contributed by atoms with E-state index in [4.69, 9.17) is 9.52 Å². The topological polar surface area (TPSA) is 63.3 Å². The highest BCUT2D eigenvalue weighted by molar-refractivity contribution is 7.98. The monoisotopic (exact) mass is 285 g/mol. The van der Waals surface area contributed by atoms with Crippen LogP contribution < -0.4 is 0 Å². The summed E-state index contributed by atoms with van der Waals surface area (Å²) < 4.78 is 5.23. The number of aromatic carboxylic acids is 1. The molecular formula is C15H11NO3S. The number of carboxylic acid groups (broad SMARTS) is 1. The molecule has 0 spiro atoms. The predicted molar refractivity (Wildman–Crippen MR) is 77.0 cm³/mol. The minimum atomic E-state index is -1.05. The van der Waals surface area contributed by atoms with Gasteiger partial charge in [-0.1, -0.05) is 6.07 Å². The summed E-state index contributed by atoms with van der Waals surface area (Å²) in [7, 11) is 0. The molecular weight excluding hydrogens is 274 g/mol. The van der Waals surface area contributed by atoms with E-state index in [-0.39, 0.29) is 5.76 Å². The molecule has 20 heavy (non-hydrogen) atoms. The second-order valence-electron chi connectivity index (χ2n) is 4.26. The Bertz CT molecular complexity index is 752. The molecule has 0 aliphatic carbocycles. The first-order valence-corrected chi connectivity index (χ1v) is 6.99. The van der Waals surface area contributed by atoms with E-state index < -0.39 is 5.97 Å². The second-order valence-corrected chi connectivity index (χ2v) is 5.31. The zero-order valence-electron chi connectivity index (χ0n) is 10.4. The zero-order chi connectivity index (χ0) is 13.9. The minimum Gasteiger partial charge on any atom is -0.475 e. The lowest BCUT2D eigenvalue weighted by molar-refractivity contribution is 0.0665. The first-order valence-electron chi connectivity index (χ1n) is 6.01. The third kappa shape index (κ3) is 2.67. The van der Waals surface area contributed by atoms with Crippen molar-refractivity contribution in [2.24, 2.45) is 0 Å². The van der Waals surface area contributed by atoms with Crippen LogP contribution in [-0.4, -0.2) is 16.1 Å². The van der Waals surface area contributed by atoms with Gasteiger partial charge < -0.3 is 9.52 Å². The first-order chi connectivity index (χ1) is 9.72. The van der Waals surface area contributed by atoms with Gasteiger partial charge in [-0.3, -0.25) is 4.98 Å². The van der Waals surface area contributed by atoms with Crippen LogP contribution in [0, 0.1) is 0 Å². The van der Waals surface area contributed by atoms with Crippen LogP contribution in [0.15, 0.2) is 58.1 Å². The van der Waals surface area contributed by atoms with Gasteiger partial charge in [0.05, 0.1) is 0 Å². The summed E-state index contributed by atoms with van der Waals surface area (Å²) in [4.78, 5) is 16.0. The molecule has 0 saturated heterocycles. The molecule has 5 heteroatoms. The van der Waals surface area contributed by atoms with Gasteiger partial charge in [0.2, 0.25) is 5.76 Å². The van der Waals surface area contributed by atoms with Crippen LogP contribution in [0.3, 0.4) is 0 Å². The summed E-state index contributed by atoms with van der Waals surface area (Å²) in [5.74, 6) is -0.263. The molecule has 0 unspecified atom stereocenters. The van der Waals surface area contributed by atoms with Crippen molar-refractivity contribution in [3.05, 3.63) is 60.1 Å². The van der Waals surface area contributed by atoms with Crippen LogP contribution >= 0.6 is 11.8 Å². The van der Waals surface area contributed by atoms with Crippen LogP contribution in [0.2, 0.25) is 0 Å². The molecule has 100 valence electrons. The largest absolute Gasteiger partial charge is 0.475 e. The standard InChI is InChI=1S/C15H11NO3S/c17-15(18)14-8-11-7-10(1-2-13(11)19-14)9-20-12-3-5-16-6-4-12/h1-8H,9H2,(H,17,18). The van der Waals surface area contributed by atoms with E-state index in [0.29, 0.717) is 5.58 Å². The highest BCUT2D eigenvalue weighted by Crippen LogP contribution is 2.26. The van der Waals surface area contributed by atoms with E-state index >= 15 is 0 Å². The Morgan fingerprint density at radius 3 is 2.75 bits per heavy atom. The molecule has 4 nitrogen and oxygen atoms in total. The minimum absolute atomic E-state index is 0.0288. The fraction of sp³-hybridized carbons (Fsp3) is 0.0667. The van der Waals surface area contributed by atoms with E-state index in [1.165, 1.54) is 0 Å². The van der Waals surface area contributed by atoms with Gasteiger partial charge in [-0.05, 0) is 35.9 Å². The summed E-state index contributed by atoms with van der Waals surface area (Å²) in [5, 5.41) is 9.72. The Morgan fingerprint density at radius 2 is 2.00 bits per heavy atom. The fourth-order valence-corrected chi connectivity index (χ4v) is 2.72. The molecule has 3 rings (SSSR count). The fourth-order valence-electron chi connectivity index (χ4n) is 1.89. The Hall–Kier alpha value is -2.27. The molecule has 3 aromatic rings. The van der Waals surface area contributed by atoms with Gasteiger partial charge in [0.1, 0.15) is 5.58 Å². The van der Waals surface area contributed by atoms with E-state index in [1.807, 2.05) is 30.3 Å². The molecule has 0 aliphatic rings. The zero-order valence-corrected chi connectivity index (χ0v) is 11.3. The lowest BCUT2D eigenvalue weighted by atomic mass is 10.2. The second kappa shape index (κ2) is 5.38. The quantitative estimate of drug-likeness (QED) is 0.738. The van der Waals surface area contributed by atoms with E-state index in [1.54, 1.807) is 30.2 Å². The summed E-state index contributed by atoms with van der Waals surface area (Å²) >= 11 is 1.71. The van der Waals surface area contributed by atoms with Crippen LogP contribution in [0.1, 0.15) is 16.1 Å². The molecule has 0 amide bonds. The van der Waals surface area contributed by atoms with Gasteiger partial charge in [0.15, 0.2) is 0 Å². The number of pyridine rings is 1. The number of furan rings is 1. The van der Waals surface area contributed by atoms with E-state index in [9.17, 15) is 4.79 Å². The molecule has 2 heterocycles. The highest BCUT2D eigenvalue weighted by Gasteiger charge is 2.10. The van der Waals surface area contributed by atoms with Crippen molar-refractivity contribution in [2.75, 3.05) is 0 Å². The molecule has 2 aromatic heterocycles. The molecule has 0 aliphatic heterocycles. The van der Waals surface area contributed by atoms with Crippen LogP contribution in [0.4, 0.5) is 0 Å². The van der Waals surface area contributed by atoms with Crippen LogP contribution in [-0.2, 0) is 5.75 Å². The third-order valence-electron chi connectivity index (χ3n) is 2.85. The number of hydrogen-bond donors (Lipinski definition) is 1. The van der Waals surface area contributed by atoms with Crippen molar-refractivity contribution in [1.82, 2.24) is 4.98 Å². The van der Waals surface area contributed by atoms with Crippen molar-refractivity contribution in [3.8, 4) is 0 Å². The number of carbonyl (C=O) groups is 1. The van der Waals surface area contributed by atoms with Crippen molar-refractivity contribution in [1.29, 1.82) is 0 Å². The number of nitrogens with zero attached hydrogens (tertiary/aromatic N) is 1. The van der Waals surface area contributed by atoms with Crippen molar-refractivity contribution < 1.29 is 14.3 Å². The average molecular weight is 285 g/mol. The summed E-state index contributed by atoms with van der Waals surface area (Å²) in [6.45, 7) is 0. The molecule has 1 aromatic carbocycles. The Balaban J connectivity index is 1.80. The number of fused-ring (bicyclic) bond motifs is 1. The van der Waals surface area contributed by atoms with Crippen LogP contribution in [0.25, 0.3) is 11.0 Å². The molecule has 0 radical (unpaired) electrons. The summed E-state index contributed by atoms with van der Waals surface area (Å²) in [6.07, 6.45) is 3.53. The number of hydrogen-bond acceptors (Lipinski definition) is 4. The molecule has 0 fully saturated rings. The predicted octanol–water partition coefficient (Wildman–Crippen LogP) is 3.82. The maximum absolute atomic E-state index is 10.9. The lowest BCUT2D eigenvalue weighted by Crippen LogP contribution is -1.91. The van der Waals surface area contributed by atoms with Gasteiger partial charge in [0.25, 0.3) is 0 Å². The highest BCUT2D eigenvalue weighted by atomic mass is 32.2. The number of rotatable bonds is 4. The normalized spacial score (nSPS) is 10.8. The van der Waals surface area contributed by atoms with Gasteiger partial charge in [-0.25, -0.2) is 4.79 Å². The van der Waals surface area contributed by atoms with E-state index in [0.717, 1.165) is 21.6 Å². The first kappa shape index (κ1) is 12.7. The number of benzene rings is 1. The third-order valence-corrected chi connectivity index (χ3v) is 3.93. The van der Waals surface area contributed by atoms with Crippen molar-refractivity contribution in [2.45, 2.75) is 10.6 Å². The van der Waals surface area contributed by atoms with Gasteiger partial charge in [0, 0.05) is 28.4 Å². The van der Waals surface area contributed by atoms with E-state index in [2.05, 4.69) is 4.98 Å². The number of carboxylic acids is 1. The lowest BCUT2D eigenvalue weighted by Gasteiger charge is -2.01. The van der Waals surface area contributed by atoms with Gasteiger partial charge >= 0.3 is 5.97 Å². The van der Waals surface area contributed by atoms with Gasteiger partial charge in [-0.2, -0.15) is 0 Å². The maximum atomic E-state index is 10.9. The Labute approximate surface area is 119 Å². The van der Waals surface area contributed by atoms with Gasteiger partial charge in [-0.15, -0.1) is 11.8 Å². The number of aromatic nitrogens is 1. The SMILES string of the molecule is O=C(O)c1cc2cc(CSc3ccncc3)ccc2o1. The smallest absolute Gasteiger partial charge is 0.371 e. The maximum Gasteiger partial charge on any atom is 0.371 e.